The molecule has 0 atom stereocenters. The molecule has 0 aliphatic carbocycles. The predicted molar refractivity (Wildman–Crippen MR) is 114 cm³/mol. The minimum atomic E-state index is -0.625. The molecule has 4 rings (SSSR count). The maximum absolute atomic E-state index is 13.2. The first kappa shape index (κ1) is 19.2. The van der Waals surface area contributed by atoms with Crippen LogP contribution in [-0.4, -0.2) is 16.9 Å². The van der Waals surface area contributed by atoms with E-state index in [1.165, 1.54) is 30.3 Å². The smallest absolute Gasteiger partial charge is 0.270 e. The molecule has 29 heavy (non-hydrogen) atoms. The number of hydrogen-bond acceptors (Lipinski definition) is 4. The molecule has 1 fully saturated rings. The summed E-state index contributed by atoms with van der Waals surface area (Å²) in [5.74, 6) is -0.751. The van der Waals surface area contributed by atoms with Crippen molar-refractivity contribution in [1.82, 2.24) is 5.32 Å². The summed E-state index contributed by atoms with van der Waals surface area (Å²) >= 11 is 8.49. The van der Waals surface area contributed by atoms with Crippen molar-refractivity contribution in [3.05, 3.63) is 82.3 Å². The minimum absolute atomic E-state index is 0.0706. The molecular weight excluding hydrogens is 459 g/mol. The van der Waals surface area contributed by atoms with Crippen LogP contribution in [0.2, 0.25) is 0 Å². The van der Waals surface area contributed by atoms with Crippen LogP contribution in [-0.2, 0) is 9.59 Å². The molecule has 1 saturated heterocycles. The molecule has 2 amide bonds. The lowest BCUT2D eigenvalue weighted by Crippen LogP contribution is -2.54. The van der Waals surface area contributed by atoms with Gasteiger partial charge in [-0.15, -0.1) is 0 Å². The minimum Gasteiger partial charge on any atom is -0.457 e. The van der Waals surface area contributed by atoms with Gasteiger partial charge < -0.3 is 4.42 Å². The first-order chi connectivity index (χ1) is 13.9. The summed E-state index contributed by atoms with van der Waals surface area (Å²) in [7, 11) is 0. The topological polar surface area (TPSA) is 62.6 Å². The maximum atomic E-state index is 13.2. The number of nitrogens with zero attached hydrogens (tertiary/aromatic N) is 1. The molecule has 1 N–H and O–H groups in total. The average molecular weight is 471 g/mol. The molecule has 0 radical (unpaired) electrons. The van der Waals surface area contributed by atoms with Gasteiger partial charge in [0, 0.05) is 10.0 Å². The van der Waals surface area contributed by atoms with Gasteiger partial charge in [-0.2, -0.15) is 0 Å². The van der Waals surface area contributed by atoms with Crippen LogP contribution in [0, 0.1) is 5.82 Å². The number of benzene rings is 2. The quantitative estimate of drug-likeness (QED) is 0.343. The van der Waals surface area contributed by atoms with Crippen molar-refractivity contribution in [3.63, 3.8) is 0 Å². The first-order valence-electron chi connectivity index (χ1n) is 8.45. The maximum Gasteiger partial charge on any atom is 0.270 e. The Morgan fingerprint density at radius 3 is 2.38 bits per heavy atom. The molecule has 2 aromatic carbocycles. The van der Waals surface area contributed by atoms with Gasteiger partial charge >= 0.3 is 0 Å². The second-order valence-corrected chi connectivity index (χ2v) is 7.45. The summed E-state index contributed by atoms with van der Waals surface area (Å²) < 4.78 is 19.9. The highest BCUT2D eigenvalue weighted by atomic mass is 79.9. The number of carbonyl (C=O) groups is 2. The number of furan rings is 1. The summed E-state index contributed by atoms with van der Waals surface area (Å²) in [4.78, 5) is 26.4. The normalized spacial score (nSPS) is 15.7. The van der Waals surface area contributed by atoms with E-state index in [4.69, 9.17) is 16.6 Å². The van der Waals surface area contributed by atoms with E-state index in [9.17, 15) is 14.0 Å². The molecule has 2 heterocycles. The number of carbonyl (C=O) groups excluding carboxylic acids is 2. The Morgan fingerprint density at radius 2 is 1.69 bits per heavy atom. The number of nitrogens with one attached hydrogen (secondary N) is 1. The van der Waals surface area contributed by atoms with Crippen molar-refractivity contribution in [2.24, 2.45) is 0 Å². The first-order valence-corrected chi connectivity index (χ1v) is 9.65. The van der Waals surface area contributed by atoms with E-state index < -0.39 is 17.6 Å². The Hall–Kier alpha value is -3.10. The molecule has 3 aromatic rings. The lowest BCUT2D eigenvalue weighted by molar-refractivity contribution is -0.122. The molecular formula is C21H12BrFN2O3S. The van der Waals surface area contributed by atoms with Gasteiger partial charge in [-0.25, -0.2) is 4.39 Å². The highest BCUT2D eigenvalue weighted by Crippen LogP contribution is 2.27. The zero-order chi connectivity index (χ0) is 20.5. The summed E-state index contributed by atoms with van der Waals surface area (Å²) in [6.45, 7) is 0. The Kier molecular flexibility index (Phi) is 5.12. The molecule has 0 saturated carbocycles. The summed E-state index contributed by atoms with van der Waals surface area (Å²) in [6.07, 6.45) is 1.36. The number of thiocarbonyl (C=S) groups is 1. The van der Waals surface area contributed by atoms with Crippen molar-refractivity contribution in [2.45, 2.75) is 0 Å². The second kappa shape index (κ2) is 7.73. The van der Waals surface area contributed by atoms with Crippen molar-refractivity contribution < 1.29 is 18.4 Å². The van der Waals surface area contributed by atoms with E-state index in [2.05, 4.69) is 21.2 Å². The van der Waals surface area contributed by atoms with Gasteiger partial charge in [-0.3, -0.25) is 19.8 Å². The Bertz CT molecular complexity index is 1150. The van der Waals surface area contributed by atoms with E-state index >= 15 is 0 Å². The zero-order valence-electron chi connectivity index (χ0n) is 14.7. The SMILES string of the molecule is O=C1NC(=S)N(c2ccc(F)cc2)C(=O)/C1=C/c1ccc(-c2ccc(Br)cc2)o1. The molecule has 0 bridgehead atoms. The molecule has 1 aliphatic rings. The molecule has 0 unspecified atom stereocenters. The number of anilines is 1. The van der Waals surface area contributed by atoms with Gasteiger partial charge in [-0.1, -0.05) is 28.1 Å². The number of amides is 2. The standard InChI is InChI=1S/C21H12BrFN2O3S/c22-13-3-1-12(2-4-13)18-10-9-16(28-18)11-17-19(26)24-21(29)25(20(17)27)15-7-5-14(23)6-8-15/h1-11H,(H,24,26,29)/b17-11+. The fourth-order valence-electron chi connectivity index (χ4n) is 2.82. The summed E-state index contributed by atoms with van der Waals surface area (Å²) in [6, 6.07) is 16.2. The third-order valence-corrected chi connectivity index (χ3v) is 5.04. The van der Waals surface area contributed by atoms with Crippen LogP contribution in [0.4, 0.5) is 10.1 Å². The summed E-state index contributed by atoms with van der Waals surface area (Å²) in [5, 5.41) is 2.41. The van der Waals surface area contributed by atoms with Gasteiger partial charge in [-0.05, 0) is 66.8 Å². The third kappa shape index (κ3) is 3.90. The summed E-state index contributed by atoms with van der Waals surface area (Å²) in [5.41, 5.74) is 1.06. The molecule has 0 spiro atoms. The Balaban J connectivity index is 1.66. The van der Waals surface area contributed by atoms with Crippen LogP contribution < -0.4 is 10.2 Å². The van der Waals surface area contributed by atoms with Gasteiger partial charge in [0.1, 0.15) is 22.9 Å². The van der Waals surface area contributed by atoms with Crippen molar-refractivity contribution in [2.75, 3.05) is 4.90 Å². The Labute approximate surface area is 178 Å². The molecule has 144 valence electrons. The van der Waals surface area contributed by atoms with E-state index in [1.807, 2.05) is 24.3 Å². The van der Waals surface area contributed by atoms with Crippen molar-refractivity contribution in [1.29, 1.82) is 0 Å². The van der Waals surface area contributed by atoms with Gasteiger partial charge in [0.2, 0.25) is 0 Å². The number of halogens is 2. The van der Waals surface area contributed by atoms with Crippen LogP contribution in [0.1, 0.15) is 5.76 Å². The van der Waals surface area contributed by atoms with Gasteiger partial charge in [0.15, 0.2) is 5.11 Å². The fraction of sp³-hybridized carbons (Fsp3) is 0. The highest BCUT2D eigenvalue weighted by molar-refractivity contribution is 9.10. The Morgan fingerprint density at radius 1 is 1.00 bits per heavy atom. The van der Waals surface area contributed by atoms with Crippen LogP contribution in [0.25, 0.3) is 17.4 Å². The lowest BCUT2D eigenvalue weighted by atomic mass is 10.1. The number of hydrogen-bond donors (Lipinski definition) is 1. The highest BCUT2D eigenvalue weighted by Gasteiger charge is 2.34. The second-order valence-electron chi connectivity index (χ2n) is 6.14. The molecule has 1 aromatic heterocycles. The van der Waals surface area contributed by atoms with E-state index in [-0.39, 0.29) is 10.7 Å². The largest absolute Gasteiger partial charge is 0.457 e. The van der Waals surface area contributed by atoms with Gasteiger partial charge in [0.25, 0.3) is 11.8 Å². The van der Waals surface area contributed by atoms with Crippen LogP contribution in [0.3, 0.4) is 0 Å². The zero-order valence-corrected chi connectivity index (χ0v) is 17.1. The predicted octanol–water partition coefficient (Wildman–Crippen LogP) is 4.68. The van der Waals surface area contributed by atoms with Crippen molar-refractivity contribution >= 4 is 56.8 Å². The van der Waals surface area contributed by atoms with E-state index in [0.717, 1.165) is 14.9 Å². The average Bonchev–Trinajstić information content (AvgIpc) is 3.16. The molecule has 8 heteroatoms. The number of rotatable bonds is 3. The van der Waals surface area contributed by atoms with Crippen LogP contribution in [0.5, 0.6) is 0 Å². The van der Waals surface area contributed by atoms with E-state index in [1.54, 1.807) is 12.1 Å². The van der Waals surface area contributed by atoms with Crippen LogP contribution >= 0.6 is 28.1 Å². The third-order valence-electron chi connectivity index (χ3n) is 4.23. The molecule has 1 aliphatic heterocycles. The van der Waals surface area contributed by atoms with E-state index in [0.29, 0.717) is 17.2 Å². The van der Waals surface area contributed by atoms with Gasteiger partial charge in [0.05, 0.1) is 5.69 Å². The fourth-order valence-corrected chi connectivity index (χ4v) is 3.37. The molecule has 5 nitrogen and oxygen atoms in total. The monoisotopic (exact) mass is 470 g/mol. The van der Waals surface area contributed by atoms with Crippen LogP contribution in [0.15, 0.2) is 75.1 Å². The lowest BCUT2D eigenvalue weighted by Gasteiger charge is -2.28. The van der Waals surface area contributed by atoms with Crippen molar-refractivity contribution in [3.8, 4) is 11.3 Å².